The monoisotopic (exact) mass is 503 g/mol. The van der Waals surface area contributed by atoms with Crippen molar-refractivity contribution < 1.29 is 9.53 Å². The van der Waals surface area contributed by atoms with Crippen LogP contribution in [0.25, 0.3) is 11.4 Å². The van der Waals surface area contributed by atoms with Crippen LogP contribution in [0.15, 0.2) is 36.7 Å². The Morgan fingerprint density at radius 2 is 1.65 bits per heavy atom. The zero-order valence-electron chi connectivity index (χ0n) is 23.2. The van der Waals surface area contributed by atoms with Gasteiger partial charge in [0, 0.05) is 18.0 Å². The molecule has 2 aromatic rings. The van der Waals surface area contributed by atoms with E-state index in [4.69, 9.17) is 4.74 Å². The molecule has 37 heavy (non-hydrogen) atoms. The molecule has 0 amide bonds. The van der Waals surface area contributed by atoms with E-state index in [2.05, 4.69) is 36.8 Å². The summed E-state index contributed by atoms with van der Waals surface area (Å²) in [5.41, 5.74) is 1.81. The Labute approximate surface area is 224 Å². The summed E-state index contributed by atoms with van der Waals surface area (Å²) < 4.78 is 5.69. The highest BCUT2D eigenvalue weighted by molar-refractivity contribution is 5.75. The molecular weight excluding hydrogens is 458 g/mol. The Hall–Kier alpha value is -2.74. The third-order valence-corrected chi connectivity index (χ3v) is 8.05. The second-order valence-electron chi connectivity index (χ2n) is 11.1. The molecule has 0 N–H and O–H groups in total. The van der Waals surface area contributed by atoms with Crippen LogP contribution in [0, 0.1) is 28.6 Å². The predicted octanol–water partition coefficient (Wildman–Crippen LogP) is 8.48. The SMILES string of the molecule is CCCCCCCCCc1cnc(-c2ccc(OC(=O)C3CCC(C#N)(CC(C)CC)CC3)cc2)nc1. The highest BCUT2D eigenvalue weighted by Crippen LogP contribution is 2.43. The van der Waals surface area contributed by atoms with E-state index in [1.165, 1.54) is 50.5 Å². The molecule has 200 valence electrons. The number of rotatable bonds is 14. The maximum atomic E-state index is 12.8. The maximum Gasteiger partial charge on any atom is 0.314 e. The number of hydrogen-bond donors (Lipinski definition) is 0. The van der Waals surface area contributed by atoms with Crippen molar-refractivity contribution in [2.24, 2.45) is 17.3 Å². The van der Waals surface area contributed by atoms with Gasteiger partial charge < -0.3 is 4.74 Å². The number of nitrogens with zero attached hydrogens (tertiary/aromatic N) is 3. The molecule has 1 aliphatic carbocycles. The fourth-order valence-electron chi connectivity index (χ4n) is 5.37. The van der Waals surface area contributed by atoms with Crippen LogP contribution in [0.2, 0.25) is 0 Å². The van der Waals surface area contributed by atoms with Gasteiger partial charge in [0.05, 0.1) is 17.4 Å². The van der Waals surface area contributed by atoms with Gasteiger partial charge in [0.2, 0.25) is 0 Å². The minimum atomic E-state index is -0.280. The number of aryl methyl sites for hydroxylation is 1. The van der Waals surface area contributed by atoms with Crippen LogP contribution >= 0.6 is 0 Å². The molecule has 1 fully saturated rings. The fourth-order valence-corrected chi connectivity index (χ4v) is 5.37. The van der Waals surface area contributed by atoms with Crippen molar-refractivity contribution in [3.05, 3.63) is 42.2 Å². The van der Waals surface area contributed by atoms with Crippen LogP contribution in [-0.2, 0) is 11.2 Å². The average Bonchev–Trinajstić information content (AvgIpc) is 2.93. The number of esters is 1. The van der Waals surface area contributed by atoms with Gasteiger partial charge in [-0.1, -0.05) is 65.7 Å². The van der Waals surface area contributed by atoms with E-state index in [0.717, 1.165) is 50.5 Å². The van der Waals surface area contributed by atoms with Crippen molar-refractivity contribution in [1.29, 1.82) is 5.26 Å². The Bertz CT molecular complexity index is 986. The summed E-state index contributed by atoms with van der Waals surface area (Å²) in [5, 5.41) is 9.79. The number of carbonyl (C=O) groups excluding carboxylic acids is 1. The summed E-state index contributed by atoms with van der Waals surface area (Å²) in [6, 6.07) is 10.0. The Morgan fingerprint density at radius 3 is 2.24 bits per heavy atom. The van der Waals surface area contributed by atoms with Gasteiger partial charge in [0.1, 0.15) is 5.75 Å². The van der Waals surface area contributed by atoms with Crippen LogP contribution in [-0.4, -0.2) is 15.9 Å². The van der Waals surface area contributed by atoms with Gasteiger partial charge in [-0.15, -0.1) is 0 Å². The van der Waals surface area contributed by atoms with Crippen LogP contribution in [0.3, 0.4) is 0 Å². The van der Waals surface area contributed by atoms with Gasteiger partial charge in [0.25, 0.3) is 0 Å². The lowest BCUT2D eigenvalue weighted by atomic mass is 9.67. The quantitative estimate of drug-likeness (QED) is 0.147. The first-order valence-electron chi connectivity index (χ1n) is 14.5. The topological polar surface area (TPSA) is 75.9 Å². The second-order valence-corrected chi connectivity index (χ2v) is 11.1. The fraction of sp³-hybridized carbons (Fsp3) is 0.625. The molecule has 5 heteroatoms. The minimum absolute atomic E-state index is 0.134. The number of nitriles is 1. The molecule has 1 aliphatic rings. The highest BCUT2D eigenvalue weighted by Gasteiger charge is 2.39. The van der Waals surface area contributed by atoms with Crippen LogP contribution < -0.4 is 4.74 Å². The number of benzene rings is 1. The van der Waals surface area contributed by atoms with Gasteiger partial charge in [-0.3, -0.25) is 4.79 Å². The van der Waals surface area contributed by atoms with E-state index in [0.29, 0.717) is 17.5 Å². The van der Waals surface area contributed by atoms with Gasteiger partial charge in [0.15, 0.2) is 5.82 Å². The van der Waals surface area contributed by atoms with Crippen molar-refractivity contribution in [2.75, 3.05) is 0 Å². The molecule has 1 aromatic carbocycles. The summed E-state index contributed by atoms with van der Waals surface area (Å²) >= 11 is 0. The summed E-state index contributed by atoms with van der Waals surface area (Å²) in [5.74, 6) is 1.44. The molecule has 1 saturated carbocycles. The van der Waals surface area contributed by atoms with Crippen molar-refractivity contribution in [3.8, 4) is 23.2 Å². The smallest absolute Gasteiger partial charge is 0.314 e. The number of carbonyl (C=O) groups is 1. The number of ether oxygens (including phenoxy) is 1. The van der Waals surface area contributed by atoms with E-state index < -0.39 is 0 Å². The lowest BCUT2D eigenvalue weighted by Crippen LogP contribution is -2.32. The van der Waals surface area contributed by atoms with Gasteiger partial charge in [-0.2, -0.15) is 5.26 Å². The zero-order valence-corrected chi connectivity index (χ0v) is 23.2. The van der Waals surface area contributed by atoms with Gasteiger partial charge in [-0.25, -0.2) is 9.97 Å². The minimum Gasteiger partial charge on any atom is -0.426 e. The van der Waals surface area contributed by atoms with Crippen molar-refractivity contribution >= 4 is 5.97 Å². The van der Waals surface area contributed by atoms with Crippen molar-refractivity contribution in [3.63, 3.8) is 0 Å². The summed E-state index contributed by atoms with van der Waals surface area (Å²) in [6.45, 7) is 6.63. The largest absolute Gasteiger partial charge is 0.426 e. The molecule has 5 nitrogen and oxygen atoms in total. The Morgan fingerprint density at radius 1 is 1.03 bits per heavy atom. The standard InChI is InChI=1S/C32H45N3O2/c1-4-6-7-8-9-10-11-12-26-22-34-30(35-23-26)27-13-15-29(16-14-27)37-31(36)28-17-19-32(24-33,20-18-28)21-25(3)5-2/h13-16,22-23,25,28H,4-12,17-21H2,1-3H3. The molecule has 3 rings (SSSR count). The normalized spacial score (nSPS) is 20.2. The zero-order chi connectivity index (χ0) is 26.5. The summed E-state index contributed by atoms with van der Waals surface area (Å²) in [7, 11) is 0. The third-order valence-electron chi connectivity index (χ3n) is 8.05. The highest BCUT2D eigenvalue weighted by atomic mass is 16.5. The van der Waals surface area contributed by atoms with E-state index in [1.54, 1.807) is 0 Å². The number of aromatic nitrogens is 2. The molecule has 1 aromatic heterocycles. The predicted molar refractivity (Wildman–Crippen MR) is 149 cm³/mol. The molecule has 1 atom stereocenters. The lowest BCUT2D eigenvalue weighted by Gasteiger charge is -2.35. The van der Waals surface area contributed by atoms with Crippen LogP contribution in [0.4, 0.5) is 0 Å². The molecule has 0 aliphatic heterocycles. The lowest BCUT2D eigenvalue weighted by molar-refractivity contribution is -0.140. The van der Waals surface area contributed by atoms with Crippen LogP contribution in [0.1, 0.15) is 110 Å². The van der Waals surface area contributed by atoms with E-state index >= 15 is 0 Å². The molecular formula is C32H45N3O2. The molecule has 1 heterocycles. The Kier molecular flexibility index (Phi) is 11.6. The maximum absolute atomic E-state index is 12.8. The van der Waals surface area contributed by atoms with E-state index in [1.807, 2.05) is 36.7 Å². The van der Waals surface area contributed by atoms with Crippen molar-refractivity contribution in [2.45, 2.75) is 111 Å². The molecule has 1 unspecified atom stereocenters. The molecule has 0 radical (unpaired) electrons. The molecule has 0 saturated heterocycles. The summed E-state index contributed by atoms with van der Waals surface area (Å²) in [6.07, 6.45) is 19.0. The van der Waals surface area contributed by atoms with Crippen molar-refractivity contribution in [1.82, 2.24) is 9.97 Å². The first-order chi connectivity index (χ1) is 18.0. The second kappa shape index (κ2) is 14.9. The van der Waals surface area contributed by atoms with Gasteiger partial charge >= 0.3 is 5.97 Å². The van der Waals surface area contributed by atoms with Crippen LogP contribution in [0.5, 0.6) is 5.75 Å². The Balaban J connectivity index is 1.44. The summed E-state index contributed by atoms with van der Waals surface area (Å²) in [4.78, 5) is 21.9. The van der Waals surface area contributed by atoms with E-state index in [-0.39, 0.29) is 17.3 Å². The first-order valence-corrected chi connectivity index (χ1v) is 14.5. The molecule has 0 bridgehead atoms. The third kappa shape index (κ3) is 8.95. The average molecular weight is 504 g/mol. The number of unbranched alkanes of at least 4 members (excludes halogenated alkanes) is 6. The van der Waals surface area contributed by atoms with E-state index in [9.17, 15) is 10.1 Å². The number of hydrogen-bond acceptors (Lipinski definition) is 5. The molecule has 0 spiro atoms. The van der Waals surface area contributed by atoms with Gasteiger partial charge in [-0.05, 0) is 80.7 Å². The first kappa shape index (κ1) is 28.8.